The lowest BCUT2D eigenvalue weighted by Crippen LogP contribution is -2.21. The first-order valence-corrected chi connectivity index (χ1v) is 7.69. The third kappa shape index (κ3) is 3.05. The Bertz CT molecular complexity index is 691. The van der Waals surface area contributed by atoms with Crippen LogP contribution >= 0.6 is 34.8 Å². The summed E-state index contributed by atoms with van der Waals surface area (Å²) >= 11 is 18.2. The molecule has 1 aliphatic rings. The van der Waals surface area contributed by atoms with Gasteiger partial charge in [-0.25, -0.2) is 4.98 Å². The second-order valence-electron chi connectivity index (χ2n) is 4.91. The number of aryl methyl sites for hydroxylation is 1. The van der Waals surface area contributed by atoms with Crippen molar-refractivity contribution in [1.82, 2.24) is 4.98 Å². The molecule has 0 saturated carbocycles. The van der Waals surface area contributed by atoms with E-state index in [1.54, 1.807) is 12.1 Å². The van der Waals surface area contributed by atoms with Crippen LogP contribution in [0.2, 0.25) is 15.2 Å². The average Bonchev–Trinajstić information content (AvgIpc) is 2.42. The molecule has 110 valence electrons. The van der Waals surface area contributed by atoms with Crippen molar-refractivity contribution in [2.24, 2.45) is 0 Å². The minimum atomic E-state index is 0.0756. The van der Waals surface area contributed by atoms with Crippen LogP contribution in [-0.2, 0) is 0 Å². The summed E-state index contributed by atoms with van der Waals surface area (Å²) in [5, 5.41) is 5.09. The Hall–Kier alpha value is -1.16. The molecule has 0 aliphatic carbocycles. The Labute approximate surface area is 138 Å². The molecule has 2 heterocycles. The Morgan fingerprint density at radius 2 is 2.05 bits per heavy atom. The van der Waals surface area contributed by atoms with Crippen molar-refractivity contribution in [1.29, 1.82) is 0 Å². The average molecular weight is 344 g/mol. The maximum Gasteiger partial charge on any atom is 0.143 e. The molecule has 1 aliphatic heterocycles. The highest BCUT2D eigenvalue weighted by atomic mass is 35.5. The molecule has 1 aromatic heterocycles. The number of halogens is 3. The zero-order valence-electron chi connectivity index (χ0n) is 11.3. The first-order valence-electron chi connectivity index (χ1n) is 6.56. The van der Waals surface area contributed by atoms with Crippen LogP contribution in [0, 0.1) is 6.92 Å². The SMILES string of the molecule is Cc1nc(Cl)ccc1NC1CCOc2c(Cl)cc(Cl)cc21. The van der Waals surface area contributed by atoms with E-state index in [9.17, 15) is 0 Å². The predicted octanol–water partition coefficient (Wildman–Crippen LogP) is 5.29. The molecule has 0 radical (unpaired) electrons. The summed E-state index contributed by atoms with van der Waals surface area (Å²) in [6.45, 7) is 2.52. The van der Waals surface area contributed by atoms with Gasteiger partial charge in [0, 0.05) is 17.0 Å². The van der Waals surface area contributed by atoms with Gasteiger partial charge in [-0.15, -0.1) is 0 Å². The van der Waals surface area contributed by atoms with Crippen molar-refractivity contribution in [3.63, 3.8) is 0 Å². The topological polar surface area (TPSA) is 34.2 Å². The molecular formula is C15H13Cl3N2O. The fourth-order valence-electron chi connectivity index (χ4n) is 2.45. The monoisotopic (exact) mass is 342 g/mol. The standard InChI is InChI=1S/C15H13Cl3N2O/c1-8-12(2-3-14(18)19-8)20-13-4-5-21-15-10(13)6-9(16)7-11(15)17/h2-3,6-7,13,20H,4-5H2,1H3. The normalized spacial score (nSPS) is 17.0. The lowest BCUT2D eigenvalue weighted by Gasteiger charge is -2.28. The Balaban J connectivity index is 1.95. The highest BCUT2D eigenvalue weighted by molar-refractivity contribution is 6.35. The summed E-state index contributed by atoms with van der Waals surface area (Å²) in [6.07, 6.45) is 0.825. The van der Waals surface area contributed by atoms with Gasteiger partial charge in [-0.05, 0) is 31.2 Å². The van der Waals surface area contributed by atoms with Crippen LogP contribution in [-0.4, -0.2) is 11.6 Å². The van der Waals surface area contributed by atoms with E-state index in [4.69, 9.17) is 39.5 Å². The minimum absolute atomic E-state index is 0.0756. The first-order chi connectivity index (χ1) is 10.0. The van der Waals surface area contributed by atoms with Crippen LogP contribution in [0.15, 0.2) is 24.3 Å². The molecule has 0 amide bonds. The van der Waals surface area contributed by atoms with Gasteiger partial charge >= 0.3 is 0 Å². The maximum absolute atomic E-state index is 6.20. The number of ether oxygens (including phenoxy) is 1. The lowest BCUT2D eigenvalue weighted by atomic mass is 10.00. The quantitative estimate of drug-likeness (QED) is 0.753. The molecule has 0 spiro atoms. The zero-order chi connectivity index (χ0) is 15.0. The largest absolute Gasteiger partial charge is 0.492 e. The molecule has 1 unspecified atom stereocenters. The number of anilines is 1. The first kappa shape index (κ1) is 14.8. The predicted molar refractivity (Wildman–Crippen MR) is 86.9 cm³/mol. The van der Waals surface area contributed by atoms with E-state index in [1.807, 2.05) is 19.1 Å². The number of benzene rings is 1. The Morgan fingerprint density at radius 3 is 2.81 bits per heavy atom. The van der Waals surface area contributed by atoms with Crippen molar-refractivity contribution < 1.29 is 4.74 Å². The van der Waals surface area contributed by atoms with Gasteiger partial charge in [0.05, 0.1) is 29.1 Å². The molecular weight excluding hydrogens is 331 g/mol. The van der Waals surface area contributed by atoms with Crippen LogP contribution < -0.4 is 10.1 Å². The van der Waals surface area contributed by atoms with Crippen molar-refractivity contribution in [3.05, 3.63) is 50.7 Å². The second kappa shape index (κ2) is 5.91. The summed E-state index contributed by atoms with van der Waals surface area (Å²) < 4.78 is 5.66. The molecule has 1 atom stereocenters. The Kier molecular flexibility index (Phi) is 4.16. The molecule has 2 aromatic rings. The molecule has 1 N–H and O–H groups in total. The zero-order valence-corrected chi connectivity index (χ0v) is 13.6. The molecule has 0 saturated heterocycles. The number of fused-ring (bicyclic) bond motifs is 1. The van der Waals surface area contributed by atoms with E-state index in [0.29, 0.717) is 27.6 Å². The number of rotatable bonds is 2. The number of nitrogens with one attached hydrogen (secondary N) is 1. The van der Waals surface area contributed by atoms with E-state index in [-0.39, 0.29) is 6.04 Å². The summed E-state index contributed by atoms with van der Waals surface area (Å²) in [6, 6.07) is 7.35. The minimum Gasteiger partial charge on any atom is -0.492 e. The molecule has 1 aromatic carbocycles. The second-order valence-corrected chi connectivity index (χ2v) is 6.14. The third-order valence-corrected chi connectivity index (χ3v) is 4.16. The summed E-state index contributed by atoms with van der Waals surface area (Å²) in [5.74, 6) is 0.699. The van der Waals surface area contributed by atoms with Gasteiger partial charge in [0.25, 0.3) is 0 Å². The van der Waals surface area contributed by atoms with Gasteiger partial charge in [-0.2, -0.15) is 0 Å². The maximum atomic E-state index is 6.20. The van der Waals surface area contributed by atoms with Gasteiger partial charge in [-0.1, -0.05) is 34.8 Å². The molecule has 21 heavy (non-hydrogen) atoms. The van der Waals surface area contributed by atoms with E-state index in [0.717, 1.165) is 23.4 Å². The van der Waals surface area contributed by atoms with Crippen LogP contribution in [0.1, 0.15) is 23.7 Å². The van der Waals surface area contributed by atoms with E-state index in [2.05, 4.69) is 10.3 Å². The van der Waals surface area contributed by atoms with Gasteiger partial charge in [-0.3, -0.25) is 0 Å². The third-order valence-electron chi connectivity index (χ3n) is 3.45. The highest BCUT2D eigenvalue weighted by Gasteiger charge is 2.24. The van der Waals surface area contributed by atoms with Gasteiger partial charge in [0.1, 0.15) is 10.9 Å². The van der Waals surface area contributed by atoms with Crippen LogP contribution in [0.5, 0.6) is 5.75 Å². The smallest absolute Gasteiger partial charge is 0.143 e. The van der Waals surface area contributed by atoms with E-state index >= 15 is 0 Å². The van der Waals surface area contributed by atoms with Crippen molar-refractivity contribution in [3.8, 4) is 5.75 Å². The Morgan fingerprint density at radius 1 is 1.24 bits per heavy atom. The summed E-state index contributed by atoms with van der Waals surface area (Å²) in [4.78, 5) is 4.25. The number of hydrogen-bond donors (Lipinski definition) is 1. The van der Waals surface area contributed by atoms with Crippen LogP contribution in [0.3, 0.4) is 0 Å². The fourth-order valence-corrected chi connectivity index (χ4v) is 3.20. The molecule has 0 bridgehead atoms. The van der Waals surface area contributed by atoms with Crippen molar-refractivity contribution in [2.45, 2.75) is 19.4 Å². The lowest BCUT2D eigenvalue weighted by molar-refractivity contribution is 0.274. The van der Waals surface area contributed by atoms with Gasteiger partial charge in [0.15, 0.2) is 0 Å². The number of aromatic nitrogens is 1. The van der Waals surface area contributed by atoms with Crippen LogP contribution in [0.4, 0.5) is 5.69 Å². The van der Waals surface area contributed by atoms with E-state index < -0.39 is 0 Å². The number of hydrogen-bond acceptors (Lipinski definition) is 3. The van der Waals surface area contributed by atoms with Gasteiger partial charge < -0.3 is 10.1 Å². The highest BCUT2D eigenvalue weighted by Crippen LogP contribution is 2.41. The summed E-state index contributed by atoms with van der Waals surface area (Å²) in [7, 11) is 0. The van der Waals surface area contributed by atoms with E-state index in [1.165, 1.54) is 0 Å². The van der Waals surface area contributed by atoms with Crippen LogP contribution in [0.25, 0.3) is 0 Å². The molecule has 6 heteroatoms. The van der Waals surface area contributed by atoms with Gasteiger partial charge in [0.2, 0.25) is 0 Å². The van der Waals surface area contributed by atoms with Crippen molar-refractivity contribution >= 4 is 40.5 Å². The molecule has 3 rings (SSSR count). The van der Waals surface area contributed by atoms with Crippen molar-refractivity contribution in [2.75, 3.05) is 11.9 Å². The molecule has 3 nitrogen and oxygen atoms in total. The fraction of sp³-hybridized carbons (Fsp3) is 0.267. The number of pyridine rings is 1. The molecule has 0 fully saturated rings. The summed E-state index contributed by atoms with van der Waals surface area (Å²) in [5.41, 5.74) is 2.75. The number of nitrogens with zero attached hydrogens (tertiary/aromatic N) is 1.